The van der Waals surface area contributed by atoms with Gasteiger partial charge in [0.25, 0.3) is 0 Å². The van der Waals surface area contributed by atoms with Gasteiger partial charge in [0.2, 0.25) is 5.95 Å². The Morgan fingerprint density at radius 2 is 1.72 bits per heavy atom. The first-order valence-electron chi connectivity index (χ1n) is 5.83. The van der Waals surface area contributed by atoms with Crippen molar-refractivity contribution < 1.29 is 0 Å². The van der Waals surface area contributed by atoms with E-state index in [9.17, 15) is 0 Å². The van der Waals surface area contributed by atoms with E-state index in [0.717, 1.165) is 22.2 Å². The van der Waals surface area contributed by atoms with Gasteiger partial charge >= 0.3 is 0 Å². The molecule has 0 spiro atoms. The summed E-state index contributed by atoms with van der Waals surface area (Å²) in [4.78, 5) is 8.86. The topological polar surface area (TPSA) is 56.7 Å². The molecule has 2 heterocycles. The van der Waals surface area contributed by atoms with Crippen molar-refractivity contribution in [1.82, 2.24) is 14.5 Å². The molecule has 0 aliphatic rings. The summed E-state index contributed by atoms with van der Waals surface area (Å²) in [5.41, 5.74) is 8.03. The molecule has 0 radical (unpaired) electrons. The highest BCUT2D eigenvalue weighted by Crippen LogP contribution is 2.25. The second-order valence-corrected chi connectivity index (χ2v) is 4.42. The summed E-state index contributed by atoms with van der Waals surface area (Å²) in [6.07, 6.45) is 1.97. The zero-order valence-electron chi connectivity index (χ0n) is 10.4. The van der Waals surface area contributed by atoms with Gasteiger partial charge in [0.1, 0.15) is 5.82 Å². The van der Waals surface area contributed by atoms with Crippen molar-refractivity contribution in [3.8, 4) is 5.95 Å². The van der Waals surface area contributed by atoms with E-state index in [0.29, 0.717) is 11.8 Å². The van der Waals surface area contributed by atoms with Crippen molar-refractivity contribution in [2.24, 2.45) is 0 Å². The summed E-state index contributed by atoms with van der Waals surface area (Å²) in [6.45, 7) is 3.91. The summed E-state index contributed by atoms with van der Waals surface area (Å²) in [5, 5.41) is 2.12. The molecular formula is C14H14N4. The molecule has 0 aliphatic heterocycles. The molecule has 3 aromatic rings. The van der Waals surface area contributed by atoms with Gasteiger partial charge in [-0.3, -0.25) is 4.57 Å². The number of rotatable bonds is 1. The Morgan fingerprint density at radius 1 is 1.06 bits per heavy atom. The molecule has 0 amide bonds. The van der Waals surface area contributed by atoms with Crippen molar-refractivity contribution in [2.75, 3.05) is 5.73 Å². The predicted molar refractivity (Wildman–Crippen MR) is 72.8 cm³/mol. The minimum Gasteiger partial charge on any atom is -0.384 e. The number of hydrogen-bond acceptors (Lipinski definition) is 3. The fourth-order valence-corrected chi connectivity index (χ4v) is 2.16. The smallest absolute Gasteiger partial charge is 0.235 e. The molecule has 2 aromatic heterocycles. The summed E-state index contributed by atoms with van der Waals surface area (Å²) in [5.74, 6) is 1.30. The summed E-state index contributed by atoms with van der Waals surface area (Å²) < 4.78 is 1.84. The number of fused-ring (bicyclic) bond motifs is 1. The lowest BCUT2D eigenvalue weighted by Gasteiger charge is -2.05. The van der Waals surface area contributed by atoms with E-state index >= 15 is 0 Å². The molecule has 0 atom stereocenters. The molecule has 0 saturated heterocycles. The van der Waals surface area contributed by atoms with Crippen LogP contribution in [0.5, 0.6) is 0 Å². The molecule has 18 heavy (non-hydrogen) atoms. The number of nitrogen functional groups attached to an aromatic ring is 1. The Morgan fingerprint density at radius 3 is 2.39 bits per heavy atom. The van der Waals surface area contributed by atoms with Crippen LogP contribution in [0.1, 0.15) is 11.4 Å². The third-order valence-corrected chi connectivity index (χ3v) is 2.95. The van der Waals surface area contributed by atoms with Crippen molar-refractivity contribution in [3.63, 3.8) is 0 Å². The summed E-state index contributed by atoms with van der Waals surface area (Å²) in [7, 11) is 0. The average Bonchev–Trinajstić information content (AvgIpc) is 2.66. The van der Waals surface area contributed by atoms with Crippen LogP contribution in [0.2, 0.25) is 0 Å². The van der Waals surface area contributed by atoms with Gasteiger partial charge in [-0.2, -0.15) is 0 Å². The number of hydrogen-bond donors (Lipinski definition) is 1. The predicted octanol–water partition coefficient (Wildman–Crippen LogP) is 2.62. The van der Waals surface area contributed by atoms with E-state index in [1.165, 1.54) is 0 Å². The van der Waals surface area contributed by atoms with E-state index in [2.05, 4.69) is 9.97 Å². The van der Waals surface area contributed by atoms with Crippen LogP contribution in [-0.2, 0) is 0 Å². The van der Waals surface area contributed by atoms with Crippen LogP contribution in [-0.4, -0.2) is 14.5 Å². The lowest BCUT2D eigenvalue weighted by Crippen LogP contribution is -2.05. The highest BCUT2D eigenvalue weighted by molar-refractivity contribution is 5.93. The Labute approximate surface area is 105 Å². The average molecular weight is 238 g/mol. The monoisotopic (exact) mass is 238 g/mol. The number of aromatic nitrogens is 3. The summed E-state index contributed by atoms with van der Waals surface area (Å²) >= 11 is 0. The van der Waals surface area contributed by atoms with Gasteiger partial charge in [-0.15, -0.1) is 0 Å². The van der Waals surface area contributed by atoms with Gasteiger partial charge in [-0.1, -0.05) is 24.3 Å². The van der Waals surface area contributed by atoms with Gasteiger partial charge in [0.05, 0.1) is 0 Å². The Bertz CT molecular complexity index is 707. The van der Waals surface area contributed by atoms with Gasteiger partial charge in [0, 0.05) is 28.4 Å². The quantitative estimate of drug-likeness (QED) is 0.709. The number of aryl methyl sites for hydroxylation is 2. The Kier molecular flexibility index (Phi) is 2.30. The molecule has 3 rings (SSSR count). The minimum atomic E-state index is 0.626. The summed E-state index contributed by atoms with van der Waals surface area (Å²) in [6, 6.07) is 9.96. The molecule has 0 bridgehead atoms. The fraction of sp³-hybridized carbons (Fsp3) is 0.143. The normalized spacial score (nSPS) is 11.0. The molecule has 90 valence electrons. The van der Waals surface area contributed by atoms with Crippen molar-refractivity contribution >= 4 is 16.6 Å². The number of anilines is 1. The standard InChI is InChI=1S/C14H14N4/c1-9-7-10(2)17-14(16-9)18-8-11-5-3-4-6-12(11)13(18)15/h3-8H,15H2,1-2H3. The number of nitrogens with zero attached hydrogens (tertiary/aromatic N) is 3. The molecule has 0 aliphatic carbocycles. The Hall–Kier alpha value is -2.36. The molecule has 0 unspecified atom stereocenters. The first-order valence-corrected chi connectivity index (χ1v) is 5.83. The van der Waals surface area contributed by atoms with E-state index in [-0.39, 0.29) is 0 Å². The molecule has 0 fully saturated rings. The van der Waals surface area contributed by atoms with Crippen LogP contribution < -0.4 is 5.73 Å². The van der Waals surface area contributed by atoms with Gasteiger partial charge in [-0.25, -0.2) is 9.97 Å². The van der Waals surface area contributed by atoms with Crippen LogP contribution in [0.3, 0.4) is 0 Å². The molecule has 1 aromatic carbocycles. The number of benzene rings is 1. The maximum Gasteiger partial charge on any atom is 0.235 e. The lowest BCUT2D eigenvalue weighted by molar-refractivity contribution is 0.910. The highest BCUT2D eigenvalue weighted by atomic mass is 15.2. The van der Waals surface area contributed by atoms with Crippen molar-refractivity contribution in [3.05, 3.63) is 47.9 Å². The molecular weight excluding hydrogens is 224 g/mol. The zero-order chi connectivity index (χ0) is 12.7. The van der Waals surface area contributed by atoms with Gasteiger partial charge in [-0.05, 0) is 19.9 Å². The van der Waals surface area contributed by atoms with Crippen LogP contribution in [0, 0.1) is 13.8 Å². The minimum absolute atomic E-state index is 0.626. The van der Waals surface area contributed by atoms with Crippen LogP contribution in [0.25, 0.3) is 16.7 Å². The second-order valence-electron chi connectivity index (χ2n) is 4.42. The first-order chi connectivity index (χ1) is 8.65. The fourth-order valence-electron chi connectivity index (χ4n) is 2.16. The zero-order valence-corrected chi connectivity index (χ0v) is 10.4. The number of nitrogens with two attached hydrogens (primary N) is 1. The van der Waals surface area contributed by atoms with E-state index in [1.54, 1.807) is 0 Å². The maximum atomic E-state index is 6.15. The van der Waals surface area contributed by atoms with Crippen molar-refractivity contribution in [1.29, 1.82) is 0 Å². The molecule has 4 nitrogen and oxygen atoms in total. The van der Waals surface area contributed by atoms with Crippen LogP contribution in [0.4, 0.5) is 5.82 Å². The van der Waals surface area contributed by atoms with E-state index in [1.807, 2.05) is 54.9 Å². The third kappa shape index (κ3) is 1.62. The third-order valence-electron chi connectivity index (χ3n) is 2.95. The highest BCUT2D eigenvalue weighted by Gasteiger charge is 2.09. The van der Waals surface area contributed by atoms with Crippen LogP contribution in [0.15, 0.2) is 36.5 Å². The van der Waals surface area contributed by atoms with Crippen molar-refractivity contribution in [2.45, 2.75) is 13.8 Å². The maximum absolute atomic E-state index is 6.15. The van der Waals surface area contributed by atoms with Crippen LogP contribution >= 0.6 is 0 Å². The molecule has 0 saturated carbocycles. The second kappa shape index (κ2) is 3.84. The van der Waals surface area contributed by atoms with E-state index in [4.69, 9.17) is 5.73 Å². The van der Waals surface area contributed by atoms with Gasteiger partial charge in [0.15, 0.2) is 0 Å². The lowest BCUT2D eigenvalue weighted by atomic mass is 10.2. The molecule has 2 N–H and O–H groups in total. The SMILES string of the molecule is Cc1cc(C)nc(-n2cc3ccccc3c2N)n1. The largest absolute Gasteiger partial charge is 0.384 e. The Balaban J connectivity index is 2.28. The van der Waals surface area contributed by atoms with Gasteiger partial charge < -0.3 is 5.73 Å². The van der Waals surface area contributed by atoms with E-state index < -0.39 is 0 Å². The molecule has 4 heteroatoms. The first kappa shape index (κ1) is 10.8.